The number of hydrogen-bond acceptors (Lipinski definition) is 4. The maximum absolute atomic E-state index is 14.6. The van der Waals surface area contributed by atoms with Gasteiger partial charge < -0.3 is 15.3 Å². The van der Waals surface area contributed by atoms with Gasteiger partial charge in [0.25, 0.3) is 0 Å². The van der Waals surface area contributed by atoms with E-state index in [0.717, 1.165) is 11.3 Å². The summed E-state index contributed by atoms with van der Waals surface area (Å²) in [5.74, 6) is -4.10. The summed E-state index contributed by atoms with van der Waals surface area (Å²) in [6, 6.07) is 27.2. The molecule has 4 aromatic carbocycles. The Morgan fingerprint density at radius 1 is 0.860 bits per heavy atom. The number of anilines is 2. The van der Waals surface area contributed by atoms with Crippen LogP contribution in [0.5, 0.6) is 0 Å². The van der Waals surface area contributed by atoms with Gasteiger partial charge >= 0.3 is 12.0 Å². The zero-order valence-electron chi connectivity index (χ0n) is 24.5. The number of hydrogen-bond donors (Lipinski definition) is 2. The molecular weight excluding hydrogens is 545 g/mol. The van der Waals surface area contributed by atoms with E-state index in [2.05, 4.69) is 5.32 Å². The molecule has 0 bridgehead atoms. The predicted octanol–water partition coefficient (Wildman–Crippen LogP) is 6.92. The lowest BCUT2D eigenvalue weighted by atomic mass is 9.71. The Morgan fingerprint density at radius 2 is 1.49 bits per heavy atom. The van der Waals surface area contributed by atoms with E-state index in [0.29, 0.717) is 22.4 Å². The zero-order valence-corrected chi connectivity index (χ0v) is 24.5. The summed E-state index contributed by atoms with van der Waals surface area (Å²) < 4.78 is 14.1. The summed E-state index contributed by atoms with van der Waals surface area (Å²) >= 11 is 0. The number of para-hydroxylation sites is 1. The maximum atomic E-state index is 14.6. The molecule has 0 spiro atoms. The normalized spacial score (nSPS) is 21.3. The van der Waals surface area contributed by atoms with E-state index >= 15 is 0 Å². The van der Waals surface area contributed by atoms with Crippen LogP contribution in [-0.2, 0) is 4.79 Å². The minimum atomic E-state index is -1.90. The molecule has 5 rings (SSSR count). The number of aliphatic carboxylic acids is 1. The molecular formula is C35H34FN3O4. The Bertz CT molecular complexity index is 1640. The Labute approximate surface area is 250 Å². The van der Waals surface area contributed by atoms with Gasteiger partial charge in [-0.2, -0.15) is 0 Å². The number of Topliss-reactive ketones (excluding diaryl/α,β-unsaturated/α-hetero) is 1. The Balaban J connectivity index is 1.78. The summed E-state index contributed by atoms with van der Waals surface area (Å²) in [4.78, 5) is 45.5. The minimum Gasteiger partial charge on any atom is -0.479 e. The topological polar surface area (TPSA) is 90.0 Å². The fraction of sp³-hybridized carbons (Fsp3) is 0.229. The van der Waals surface area contributed by atoms with E-state index in [1.165, 1.54) is 36.1 Å². The van der Waals surface area contributed by atoms with Gasteiger partial charge in [-0.25, -0.2) is 14.0 Å². The van der Waals surface area contributed by atoms with Crippen LogP contribution in [0, 0.1) is 18.7 Å². The van der Waals surface area contributed by atoms with Crippen molar-refractivity contribution in [1.29, 1.82) is 0 Å². The maximum Gasteiger partial charge on any atom is 0.330 e. The lowest BCUT2D eigenvalue weighted by Crippen LogP contribution is -2.55. The molecule has 1 aliphatic heterocycles. The van der Waals surface area contributed by atoms with E-state index in [9.17, 15) is 23.9 Å². The molecule has 0 aliphatic carbocycles. The number of likely N-dealkylation sites (tertiary alicyclic amines) is 1. The monoisotopic (exact) mass is 579 g/mol. The van der Waals surface area contributed by atoms with Crippen LogP contribution in [0.2, 0.25) is 0 Å². The van der Waals surface area contributed by atoms with Crippen LogP contribution < -0.4 is 10.2 Å². The van der Waals surface area contributed by atoms with Crippen LogP contribution in [-0.4, -0.2) is 47.4 Å². The third-order valence-corrected chi connectivity index (χ3v) is 8.35. The number of aryl methyl sites for hydroxylation is 1. The highest BCUT2D eigenvalue weighted by molar-refractivity contribution is 6.03. The number of carbonyl (C=O) groups is 3. The van der Waals surface area contributed by atoms with Crippen LogP contribution >= 0.6 is 0 Å². The number of rotatable bonds is 7. The van der Waals surface area contributed by atoms with Gasteiger partial charge in [-0.1, -0.05) is 66.2 Å². The van der Waals surface area contributed by atoms with Crippen molar-refractivity contribution < 1.29 is 23.9 Å². The number of nitrogens with one attached hydrogen (secondary N) is 1. The van der Waals surface area contributed by atoms with Crippen molar-refractivity contribution in [2.75, 3.05) is 24.3 Å². The first kappa shape index (κ1) is 29.5. The Kier molecular flexibility index (Phi) is 8.04. The smallest absolute Gasteiger partial charge is 0.330 e. The molecule has 220 valence electrons. The molecule has 1 aliphatic rings. The van der Waals surface area contributed by atoms with Crippen LogP contribution in [0.1, 0.15) is 45.9 Å². The largest absolute Gasteiger partial charge is 0.479 e. The zero-order chi connectivity index (χ0) is 30.9. The molecule has 4 unspecified atom stereocenters. The average Bonchev–Trinajstić information content (AvgIpc) is 3.28. The summed E-state index contributed by atoms with van der Waals surface area (Å²) in [5, 5.41) is 13.8. The molecule has 1 heterocycles. The van der Waals surface area contributed by atoms with Crippen molar-refractivity contribution in [3.8, 4) is 0 Å². The van der Waals surface area contributed by atoms with Crippen molar-refractivity contribution >= 4 is 29.2 Å². The lowest BCUT2D eigenvalue weighted by molar-refractivity contribution is -0.148. The van der Waals surface area contributed by atoms with Gasteiger partial charge in [0.05, 0.1) is 12.0 Å². The van der Waals surface area contributed by atoms with Gasteiger partial charge in [-0.3, -0.25) is 9.69 Å². The SMILES string of the molecule is Cc1cccc(C(=O)C2C(c3ccc(N(C)C)cc3)N(C(=O)Nc3ccccc3)C(C)(C(=O)O)C2c2ccc(F)cc2)c1. The summed E-state index contributed by atoms with van der Waals surface area (Å²) in [7, 11) is 3.81. The molecule has 1 saturated heterocycles. The van der Waals surface area contributed by atoms with Crippen LogP contribution in [0.4, 0.5) is 20.6 Å². The number of benzene rings is 4. The first-order valence-electron chi connectivity index (χ1n) is 14.0. The van der Waals surface area contributed by atoms with Gasteiger partial charge in [0.2, 0.25) is 0 Å². The number of carboxylic acids is 1. The van der Waals surface area contributed by atoms with Crippen LogP contribution in [0.25, 0.3) is 0 Å². The van der Waals surface area contributed by atoms with E-state index < -0.39 is 41.2 Å². The second kappa shape index (κ2) is 11.7. The number of amides is 2. The standard InChI is InChI=1S/C35H34FN3O4/c1-22-9-8-10-25(21-22)32(40)29-30(23-13-17-26(36)18-14-23)35(2,33(41)42)39(34(43)37-27-11-6-5-7-12-27)31(29)24-15-19-28(20-16-24)38(3)4/h5-21,29-31H,1-4H3,(H,37,43)(H,41,42). The molecule has 7 nitrogen and oxygen atoms in total. The number of carbonyl (C=O) groups excluding carboxylic acids is 2. The second-order valence-corrected chi connectivity index (χ2v) is 11.3. The summed E-state index contributed by atoms with van der Waals surface area (Å²) in [6.45, 7) is 3.35. The molecule has 4 atom stereocenters. The summed E-state index contributed by atoms with van der Waals surface area (Å²) in [6.07, 6.45) is 0. The lowest BCUT2D eigenvalue weighted by Gasteiger charge is -2.37. The second-order valence-electron chi connectivity index (χ2n) is 11.3. The van der Waals surface area contributed by atoms with E-state index in [1.807, 2.05) is 62.3 Å². The molecule has 0 saturated carbocycles. The number of halogens is 1. The predicted molar refractivity (Wildman–Crippen MR) is 165 cm³/mol. The molecule has 0 aromatic heterocycles. The number of carboxylic acid groups (broad SMARTS) is 1. The van der Waals surface area contributed by atoms with Gasteiger partial charge in [0, 0.05) is 37.0 Å². The molecule has 43 heavy (non-hydrogen) atoms. The van der Waals surface area contributed by atoms with Gasteiger partial charge in [-0.05, 0) is 67.4 Å². The Hall–Kier alpha value is -4.98. The first-order valence-corrected chi connectivity index (χ1v) is 14.0. The third kappa shape index (κ3) is 5.48. The minimum absolute atomic E-state index is 0.304. The fourth-order valence-corrected chi connectivity index (χ4v) is 6.22. The molecule has 1 fully saturated rings. The number of urea groups is 1. The molecule has 0 radical (unpaired) electrons. The Morgan fingerprint density at radius 3 is 2.07 bits per heavy atom. The van der Waals surface area contributed by atoms with Crippen LogP contribution in [0.3, 0.4) is 0 Å². The van der Waals surface area contributed by atoms with E-state index in [1.54, 1.807) is 42.5 Å². The quantitative estimate of drug-likeness (QED) is 0.232. The molecule has 2 amide bonds. The van der Waals surface area contributed by atoms with Gasteiger partial charge in [-0.15, -0.1) is 0 Å². The summed E-state index contributed by atoms with van der Waals surface area (Å²) in [5.41, 5.74) is 1.82. The van der Waals surface area contributed by atoms with Crippen LogP contribution in [0.15, 0.2) is 103 Å². The van der Waals surface area contributed by atoms with E-state index in [4.69, 9.17) is 0 Å². The van der Waals surface area contributed by atoms with Gasteiger partial charge in [0.1, 0.15) is 11.4 Å². The van der Waals surface area contributed by atoms with Crippen molar-refractivity contribution in [3.63, 3.8) is 0 Å². The number of nitrogens with zero attached hydrogens (tertiary/aromatic N) is 2. The highest BCUT2D eigenvalue weighted by Gasteiger charge is 2.65. The number of ketones is 1. The van der Waals surface area contributed by atoms with Crippen molar-refractivity contribution in [2.24, 2.45) is 5.92 Å². The van der Waals surface area contributed by atoms with Crippen molar-refractivity contribution in [3.05, 3.63) is 131 Å². The molecule has 8 heteroatoms. The highest BCUT2D eigenvalue weighted by Crippen LogP contribution is 2.56. The molecule has 4 aromatic rings. The average molecular weight is 580 g/mol. The van der Waals surface area contributed by atoms with Crippen molar-refractivity contribution in [1.82, 2.24) is 4.90 Å². The van der Waals surface area contributed by atoms with Crippen molar-refractivity contribution in [2.45, 2.75) is 31.3 Å². The third-order valence-electron chi connectivity index (χ3n) is 8.35. The first-order chi connectivity index (χ1) is 20.5. The fourth-order valence-electron chi connectivity index (χ4n) is 6.22. The molecule has 2 N–H and O–H groups in total. The van der Waals surface area contributed by atoms with Gasteiger partial charge in [0.15, 0.2) is 5.78 Å². The highest BCUT2D eigenvalue weighted by atomic mass is 19.1. The van der Waals surface area contributed by atoms with E-state index in [-0.39, 0.29) is 5.78 Å².